The fourth-order valence-corrected chi connectivity index (χ4v) is 2.12. The van der Waals surface area contributed by atoms with Crippen molar-refractivity contribution in [2.75, 3.05) is 25.5 Å². The summed E-state index contributed by atoms with van der Waals surface area (Å²) in [4.78, 5) is 36.9. The second kappa shape index (κ2) is 6.74. The molecular weight excluding hydrogens is 274 g/mol. The minimum absolute atomic E-state index is 0.162. The summed E-state index contributed by atoms with van der Waals surface area (Å²) < 4.78 is 4.57. The number of ether oxygens (including phenoxy) is 1. The van der Waals surface area contributed by atoms with E-state index in [1.54, 1.807) is 24.3 Å². The van der Waals surface area contributed by atoms with Crippen molar-refractivity contribution in [3.63, 3.8) is 0 Å². The van der Waals surface area contributed by atoms with Crippen molar-refractivity contribution in [2.24, 2.45) is 0 Å². The van der Waals surface area contributed by atoms with Gasteiger partial charge < -0.3 is 20.3 Å². The molecule has 1 heterocycles. The fraction of sp³-hybridized carbons (Fsp3) is 0.357. The van der Waals surface area contributed by atoms with E-state index in [2.05, 4.69) is 15.4 Å². The third-order valence-corrected chi connectivity index (χ3v) is 3.20. The number of rotatable bonds is 3. The van der Waals surface area contributed by atoms with Gasteiger partial charge in [0.2, 0.25) is 5.91 Å². The lowest BCUT2D eigenvalue weighted by Crippen LogP contribution is -2.58. The van der Waals surface area contributed by atoms with E-state index in [1.807, 2.05) is 6.07 Å². The third-order valence-electron chi connectivity index (χ3n) is 3.20. The van der Waals surface area contributed by atoms with Crippen molar-refractivity contribution in [3.8, 4) is 0 Å². The second-order valence-corrected chi connectivity index (χ2v) is 4.58. The Kier molecular flexibility index (Phi) is 4.76. The molecule has 1 atom stereocenters. The van der Waals surface area contributed by atoms with E-state index in [9.17, 15) is 14.4 Å². The summed E-state index contributed by atoms with van der Waals surface area (Å²) in [5.41, 5.74) is 0.630. The fourth-order valence-electron chi connectivity index (χ4n) is 2.12. The van der Waals surface area contributed by atoms with Crippen LogP contribution >= 0.6 is 0 Å². The van der Waals surface area contributed by atoms with E-state index in [4.69, 9.17) is 0 Å². The second-order valence-electron chi connectivity index (χ2n) is 4.58. The summed E-state index contributed by atoms with van der Waals surface area (Å²) in [5, 5.41) is 5.35. The lowest BCUT2D eigenvalue weighted by Gasteiger charge is -2.34. The van der Waals surface area contributed by atoms with Crippen LogP contribution in [0.25, 0.3) is 0 Å². The normalized spacial score (nSPS) is 17.9. The first-order valence-electron chi connectivity index (χ1n) is 6.59. The number of amides is 3. The Balaban J connectivity index is 2.08. The summed E-state index contributed by atoms with van der Waals surface area (Å²) in [6.07, 6.45) is -0.162. The summed E-state index contributed by atoms with van der Waals surface area (Å²) in [6, 6.07) is 7.66. The summed E-state index contributed by atoms with van der Waals surface area (Å²) in [6.45, 7) is 0.699. The Bertz CT molecular complexity index is 532. The molecule has 0 unspecified atom stereocenters. The van der Waals surface area contributed by atoms with Gasteiger partial charge in [-0.1, -0.05) is 18.2 Å². The van der Waals surface area contributed by atoms with Gasteiger partial charge in [-0.15, -0.1) is 0 Å². The minimum Gasteiger partial charge on any atom is -0.469 e. The number of anilines is 1. The third kappa shape index (κ3) is 3.71. The predicted molar refractivity (Wildman–Crippen MR) is 75.6 cm³/mol. The van der Waals surface area contributed by atoms with E-state index in [1.165, 1.54) is 12.0 Å². The molecule has 112 valence electrons. The Hall–Kier alpha value is -2.57. The molecule has 1 aromatic carbocycles. The molecule has 1 aliphatic heterocycles. The zero-order valence-electron chi connectivity index (χ0n) is 11.7. The summed E-state index contributed by atoms with van der Waals surface area (Å²) in [7, 11) is 1.25. The van der Waals surface area contributed by atoms with Crippen LogP contribution in [-0.2, 0) is 14.3 Å². The topological polar surface area (TPSA) is 87.7 Å². The van der Waals surface area contributed by atoms with Gasteiger partial charge >= 0.3 is 12.0 Å². The molecule has 0 radical (unpaired) electrons. The largest absolute Gasteiger partial charge is 0.469 e. The molecule has 0 bridgehead atoms. The first-order chi connectivity index (χ1) is 10.1. The first kappa shape index (κ1) is 14.8. The van der Waals surface area contributed by atoms with Gasteiger partial charge in [-0.25, -0.2) is 4.79 Å². The molecule has 21 heavy (non-hydrogen) atoms. The molecule has 7 nitrogen and oxygen atoms in total. The van der Waals surface area contributed by atoms with Gasteiger partial charge in [-0.2, -0.15) is 0 Å². The van der Waals surface area contributed by atoms with Crippen molar-refractivity contribution in [3.05, 3.63) is 30.3 Å². The Morgan fingerprint density at radius 3 is 2.76 bits per heavy atom. The molecule has 2 rings (SSSR count). The van der Waals surface area contributed by atoms with Gasteiger partial charge in [0.25, 0.3) is 0 Å². The van der Waals surface area contributed by atoms with Crippen LogP contribution in [0.15, 0.2) is 30.3 Å². The van der Waals surface area contributed by atoms with E-state index in [0.29, 0.717) is 18.8 Å². The maximum absolute atomic E-state index is 12.3. The molecule has 0 aromatic heterocycles. The van der Waals surface area contributed by atoms with Crippen LogP contribution in [0.1, 0.15) is 6.42 Å². The van der Waals surface area contributed by atoms with Gasteiger partial charge in [-0.3, -0.25) is 9.59 Å². The van der Waals surface area contributed by atoms with Crippen LogP contribution < -0.4 is 10.6 Å². The van der Waals surface area contributed by atoms with Crippen molar-refractivity contribution < 1.29 is 19.1 Å². The molecule has 2 N–H and O–H groups in total. The highest BCUT2D eigenvalue weighted by Gasteiger charge is 2.35. The number of nitrogens with zero attached hydrogens (tertiary/aromatic N) is 1. The summed E-state index contributed by atoms with van der Waals surface area (Å²) >= 11 is 0. The van der Waals surface area contributed by atoms with E-state index < -0.39 is 18.0 Å². The number of urea groups is 1. The zero-order valence-corrected chi connectivity index (χ0v) is 11.7. The van der Waals surface area contributed by atoms with E-state index >= 15 is 0 Å². The van der Waals surface area contributed by atoms with Crippen LogP contribution in [0.3, 0.4) is 0 Å². The van der Waals surface area contributed by atoms with E-state index in [-0.39, 0.29) is 12.3 Å². The lowest BCUT2D eigenvalue weighted by atomic mass is 10.1. The quantitative estimate of drug-likeness (QED) is 0.798. The number of esters is 1. The smallest absolute Gasteiger partial charge is 0.322 e. The monoisotopic (exact) mass is 291 g/mol. The average molecular weight is 291 g/mol. The Morgan fingerprint density at radius 2 is 2.10 bits per heavy atom. The minimum atomic E-state index is -0.852. The molecule has 0 saturated carbocycles. The van der Waals surface area contributed by atoms with Gasteiger partial charge in [0.15, 0.2) is 0 Å². The zero-order chi connectivity index (χ0) is 15.2. The van der Waals surface area contributed by atoms with Crippen molar-refractivity contribution in [1.82, 2.24) is 10.2 Å². The number of piperazine rings is 1. The van der Waals surface area contributed by atoms with Crippen molar-refractivity contribution >= 4 is 23.6 Å². The number of carbonyl (C=O) groups excluding carboxylic acids is 3. The van der Waals surface area contributed by atoms with Gasteiger partial charge in [0, 0.05) is 18.8 Å². The number of nitrogens with one attached hydrogen (secondary N) is 2. The molecule has 0 spiro atoms. The van der Waals surface area contributed by atoms with Gasteiger partial charge in [0.1, 0.15) is 6.04 Å². The number of carbonyl (C=O) groups is 3. The first-order valence-corrected chi connectivity index (χ1v) is 6.59. The highest BCUT2D eigenvalue weighted by molar-refractivity contribution is 5.96. The number of hydrogen-bond acceptors (Lipinski definition) is 4. The van der Waals surface area contributed by atoms with Crippen LogP contribution in [0, 0.1) is 0 Å². The standard InChI is InChI=1S/C14H17N3O4/c1-21-12(18)9-11-13(19)15-7-8-17(11)14(20)16-10-5-3-2-4-6-10/h2-6,11H,7-9H2,1H3,(H,15,19)(H,16,20)/t11-/m1/s1. The molecule has 3 amide bonds. The maximum atomic E-state index is 12.3. The number of methoxy groups -OCH3 is 1. The van der Waals surface area contributed by atoms with Crippen LogP contribution in [-0.4, -0.2) is 49.0 Å². The van der Waals surface area contributed by atoms with Gasteiger partial charge in [-0.05, 0) is 12.1 Å². The molecule has 1 aromatic rings. The Morgan fingerprint density at radius 1 is 1.38 bits per heavy atom. The molecular formula is C14H17N3O4. The van der Waals surface area contributed by atoms with Crippen LogP contribution in [0.2, 0.25) is 0 Å². The number of para-hydroxylation sites is 1. The molecule has 1 saturated heterocycles. The van der Waals surface area contributed by atoms with Crippen LogP contribution in [0.5, 0.6) is 0 Å². The Labute approximate surface area is 122 Å². The molecule has 1 aliphatic rings. The predicted octanol–water partition coefficient (Wildman–Crippen LogP) is 0.582. The van der Waals surface area contributed by atoms with Crippen molar-refractivity contribution in [1.29, 1.82) is 0 Å². The maximum Gasteiger partial charge on any atom is 0.322 e. The number of hydrogen-bond donors (Lipinski definition) is 2. The average Bonchev–Trinajstić information content (AvgIpc) is 2.50. The molecule has 0 aliphatic carbocycles. The highest BCUT2D eigenvalue weighted by Crippen LogP contribution is 2.13. The van der Waals surface area contributed by atoms with Gasteiger partial charge in [0.05, 0.1) is 13.5 Å². The summed E-state index contributed by atoms with van der Waals surface area (Å²) in [5.74, 6) is -0.885. The SMILES string of the molecule is COC(=O)C[C@@H]1C(=O)NCCN1C(=O)Nc1ccccc1. The molecule has 1 fully saturated rings. The highest BCUT2D eigenvalue weighted by atomic mass is 16.5. The number of benzene rings is 1. The molecule has 7 heteroatoms. The van der Waals surface area contributed by atoms with E-state index in [0.717, 1.165) is 0 Å². The lowest BCUT2D eigenvalue weighted by molar-refractivity contribution is -0.145. The van der Waals surface area contributed by atoms with Crippen molar-refractivity contribution in [2.45, 2.75) is 12.5 Å². The van der Waals surface area contributed by atoms with Crippen LogP contribution in [0.4, 0.5) is 10.5 Å².